The summed E-state index contributed by atoms with van der Waals surface area (Å²) < 4.78 is 19.1. The average molecular weight is 447 g/mol. The fourth-order valence-corrected chi connectivity index (χ4v) is 4.08. The van der Waals surface area contributed by atoms with E-state index in [1.165, 1.54) is 12.1 Å². The van der Waals surface area contributed by atoms with Gasteiger partial charge in [-0.1, -0.05) is 60.7 Å². The number of amides is 2. The normalized spacial score (nSPS) is 18.8. The molecule has 1 saturated heterocycles. The van der Waals surface area contributed by atoms with E-state index < -0.39 is 6.04 Å². The zero-order valence-corrected chi connectivity index (χ0v) is 18.2. The highest BCUT2D eigenvalue weighted by atomic mass is 19.1. The molecule has 170 valence electrons. The first-order valence-corrected chi connectivity index (χ1v) is 11.2. The Hall–Kier alpha value is -3.51. The van der Waals surface area contributed by atoms with E-state index in [1.807, 2.05) is 48.5 Å². The number of ether oxygens (including phenoxy) is 1. The van der Waals surface area contributed by atoms with Crippen molar-refractivity contribution in [2.75, 3.05) is 6.61 Å². The third-order valence-electron chi connectivity index (χ3n) is 5.82. The molecular formula is C27H27FN2O3. The quantitative estimate of drug-likeness (QED) is 0.552. The summed E-state index contributed by atoms with van der Waals surface area (Å²) in [6.45, 7) is 0.514. The predicted octanol–water partition coefficient (Wildman–Crippen LogP) is 4.72. The van der Waals surface area contributed by atoms with Crippen LogP contribution in [-0.2, 0) is 9.53 Å². The topological polar surface area (TPSA) is 67.4 Å². The second-order valence-electron chi connectivity index (χ2n) is 8.21. The molecule has 3 aromatic carbocycles. The fourth-order valence-electron chi connectivity index (χ4n) is 4.08. The zero-order valence-electron chi connectivity index (χ0n) is 18.2. The summed E-state index contributed by atoms with van der Waals surface area (Å²) >= 11 is 0. The van der Waals surface area contributed by atoms with E-state index in [2.05, 4.69) is 10.6 Å². The highest BCUT2D eigenvalue weighted by Gasteiger charge is 2.26. The summed E-state index contributed by atoms with van der Waals surface area (Å²) in [6.07, 6.45) is 1.26. The van der Waals surface area contributed by atoms with E-state index in [1.54, 1.807) is 24.3 Å². The molecule has 0 aromatic heterocycles. The zero-order chi connectivity index (χ0) is 23.0. The van der Waals surface area contributed by atoms with Gasteiger partial charge in [0.15, 0.2) is 0 Å². The van der Waals surface area contributed by atoms with Gasteiger partial charge in [0.25, 0.3) is 5.91 Å². The molecule has 0 spiro atoms. The Morgan fingerprint density at radius 2 is 1.61 bits per heavy atom. The Morgan fingerprint density at radius 3 is 2.30 bits per heavy atom. The van der Waals surface area contributed by atoms with Gasteiger partial charge in [-0.05, 0) is 48.2 Å². The van der Waals surface area contributed by atoms with Crippen molar-refractivity contribution >= 4 is 11.8 Å². The Bertz CT molecular complexity index is 1060. The van der Waals surface area contributed by atoms with Crippen LogP contribution < -0.4 is 10.6 Å². The standard InChI is InChI=1S/C27H27FN2O3/c28-22-13-11-20(12-14-22)25-17-23(15-16-33-25)29-26(31)18-24(19-7-3-1-4-8-19)30-27(32)21-9-5-2-6-10-21/h1-14,23-25H,15-18H2,(H,29,31)(H,30,32)/t23-,24-,25-/m0/s1. The molecule has 3 aromatic rings. The van der Waals surface area contributed by atoms with Crippen molar-refractivity contribution in [3.05, 3.63) is 107 Å². The molecule has 4 rings (SSSR count). The van der Waals surface area contributed by atoms with Crippen LogP contribution in [0.15, 0.2) is 84.9 Å². The van der Waals surface area contributed by atoms with E-state index >= 15 is 0 Å². The largest absolute Gasteiger partial charge is 0.373 e. The summed E-state index contributed by atoms with van der Waals surface area (Å²) in [7, 11) is 0. The van der Waals surface area contributed by atoms with Crippen LogP contribution in [0.25, 0.3) is 0 Å². The lowest BCUT2D eigenvalue weighted by atomic mass is 9.96. The molecule has 1 aliphatic rings. The van der Waals surface area contributed by atoms with Crippen molar-refractivity contribution in [2.45, 2.75) is 37.5 Å². The van der Waals surface area contributed by atoms with E-state index in [0.717, 1.165) is 11.1 Å². The molecule has 0 bridgehead atoms. The van der Waals surface area contributed by atoms with E-state index in [-0.39, 0.29) is 36.2 Å². The van der Waals surface area contributed by atoms with Gasteiger partial charge in [0, 0.05) is 18.2 Å². The number of halogens is 1. The van der Waals surface area contributed by atoms with Crippen molar-refractivity contribution in [1.29, 1.82) is 0 Å². The van der Waals surface area contributed by atoms with Crippen LogP contribution in [0.1, 0.15) is 52.9 Å². The van der Waals surface area contributed by atoms with Crippen LogP contribution >= 0.6 is 0 Å². The van der Waals surface area contributed by atoms with Gasteiger partial charge in [-0.2, -0.15) is 0 Å². The van der Waals surface area contributed by atoms with Crippen molar-refractivity contribution in [3.63, 3.8) is 0 Å². The second-order valence-corrected chi connectivity index (χ2v) is 8.21. The molecule has 5 nitrogen and oxygen atoms in total. The number of benzene rings is 3. The number of hydrogen-bond acceptors (Lipinski definition) is 3. The van der Waals surface area contributed by atoms with Gasteiger partial charge < -0.3 is 15.4 Å². The first-order chi connectivity index (χ1) is 16.1. The van der Waals surface area contributed by atoms with Gasteiger partial charge in [-0.3, -0.25) is 9.59 Å². The maximum Gasteiger partial charge on any atom is 0.251 e. The molecule has 6 heteroatoms. The molecule has 33 heavy (non-hydrogen) atoms. The summed E-state index contributed by atoms with van der Waals surface area (Å²) in [5, 5.41) is 6.10. The highest BCUT2D eigenvalue weighted by Crippen LogP contribution is 2.28. The van der Waals surface area contributed by atoms with Crippen molar-refractivity contribution < 1.29 is 18.7 Å². The van der Waals surface area contributed by atoms with Crippen molar-refractivity contribution in [2.24, 2.45) is 0 Å². The smallest absolute Gasteiger partial charge is 0.251 e. The third-order valence-corrected chi connectivity index (χ3v) is 5.82. The summed E-state index contributed by atoms with van der Waals surface area (Å²) in [5.74, 6) is -0.648. The molecular weight excluding hydrogens is 419 g/mol. The van der Waals surface area contributed by atoms with Crippen LogP contribution in [0.4, 0.5) is 4.39 Å². The van der Waals surface area contributed by atoms with Gasteiger partial charge in [0.05, 0.1) is 18.6 Å². The number of rotatable bonds is 7. The first kappa shape index (κ1) is 22.7. The molecule has 2 N–H and O–H groups in total. The Morgan fingerprint density at radius 1 is 0.939 bits per heavy atom. The molecule has 1 fully saturated rings. The third kappa shape index (κ3) is 6.26. The van der Waals surface area contributed by atoms with Gasteiger partial charge in [-0.25, -0.2) is 4.39 Å². The van der Waals surface area contributed by atoms with E-state index in [9.17, 15) is 14.0 Å². The maximum absolute atomic E-state index is 13.2. The first-order valence-electron chi connectivity index (χ1n) is 11.2. The summed E-state index contributed by atoms with van der Waals surface area (Å²) in [4.78, 5) is 25.7. The average Bonchev–Trinajstić information content (AvgIpc) is 2.85. The number of nitrogens with one attached hydrogen (secondary N) is 2. The Kier molecular flexibility index (Phi) is 7.47. The summed E-state index contributed by atoms with van der Waals surface area (Å²) in [6, 6.07) is 24.2. The van der Waals surface area contributed by atoms with Gasteiger partial charge >= 0.3 is 0 Å². The Labute approximate surface area is 193 Å². The van der Waals surface area contributed by atoms with Crippen LogP contribution in [-0.4, -0.2) is 24.5 Å². The highest BCUT2D eigenvalue weighted by molar-refractivity contribution is 5.94. The molecule has 2 amide bonds. The Balaban J connectivity index is 1.40. The van der Waals surface area contributed by atoms with Crippen molar-refractivity contribution in [3.8, 4) is 0 Å². The lowest BCUT2D eigenvalue weighted by Gasteiger charge is -2.31. The molecule has 3 atom stereocenters. The lowest BCUT2D eigenvalue weighted by Crippen LogP contribution is -2.41. The monoisotopic (exact) mass is 446 g/mol. The van der Waals surface area contributed by atoms with Gasteiger partial charge in [0.2, 0.25) is 5.91 Å². The van der Waals surface area contributed by atoms with Crippen LogP contribution in [0.2, 0.25) is 0 Å². The van der Waals surface area contributed by atoms with E-state index in [4.69, 9.17) is 4.74 Å². The predicted molar refractivity (Wildman–Crippen MR) is 124 cm³/mol. The molecule has 1 heterocycles. The number of hydrogen-bond donors (Lipinski definition) is 2. The lowest BCUT2D eigenvalue weighted by molar-refractivity contribution is -0.123. The van der Waals surface area contributed by atoms with Gasteiger partial charge in [0.1, 0.15) is 5.82 Å². The van der Waals surface area contributed by atoms with Crippen LogP contribution in [0, 0.1) is 5.82 Å². The summed E-state index contributed by atoms with van der Waals surface area (Å²) in [5.41, 5.74) is 2.31. The minimum Gasteiger partial charge on any atom is -0.373 e. The minimum atomic E-state index is -0.452. The van der Waals surface area contributed by atoms with Crippen LogP contribution in [0.3, 0.4) is 0 Å². The van der Waals surface area contributed by atoms with Crippen molar-refractivity contribution in [1.82, 2.24) is 10.6 Å². The number of carbonyl (C=O) groups excluding carboxylic acids is 2. The molecule has 0 saturated carbocycles. The molecule has 0 radical (unpaired) electrons. The molecule has 0 aliphatic carbocycles. The maximum atomic E-state index is 13.2. The molecule has 1 aliphatic heterocycles. The van der Waals surface area contributed by atoms with Crippen LogP contribution in [0.5, 0.6) is 0 Å². The number of carbonyl (C=O) groups is 2. The van der Waals surface area contributed by atoms with E-state index in [0.29, 0.717) is 25.0 Å². The van der Waals surface area contributed by atoms with Gasteiger partial charge in [-0.15, -0.1) is 0 Å². The fraction of sp³-hybridized carbons (Fsp3) is 0.259. The molecule has 0 unspecified atom stereocenters. The second kappa shape index (κ2) is 10.9. The SMILES string of the molecule is O=C(C[C@H](NC(=O)c1ccccc1)c1ccccc1)N[C@H]1CCO[C@H](c2ccc(F)cc2)C1. The minimum absolute atomic E-state index is 0.0532.